The van der Waals surface area contributed by atoms with Crippen LogP contribution in [0.3, 0.4) is 0 Å². The van der Waals surface area contributed by atoms with Gasteiger partial charge in [0, 0.05) is 17.7 Å². The first-order valence-electron chi connectivity index (χ1n) is 4.07. The first kappa shape index (κ1) is 11.4. The third-order valence-corrected chi connectivity index (χ3v) is 1.85. The van der Waals surface area contributed by atoms with Crippen LogP contribution in [0.15, 0.2) is 12.1 Å². The molecule has 0 amide bonds. The molecule has 0 aliphatic heterocycles. The van der Waals surface area contributed by atoms with Gasteiger partial charge in [-0.2, -0.15) is 0 Å². The van der Waals surface area contributed by atoms with Crippen LogP contribution in [0.4, 0.5) is 8.78 Å². The number of aliphatic carboxylic acids is 1. The Morgan fingerprint density at radius 1 is 1.47 bits per heavy atom. The summed E-state index contributed by atoms with van der Waals surface area (Å²) in [6, 6.07) is 0.158. The standard InChI is InChI=1S/C9H9F2NO3/c10-4-1-5(7(12)3-8(13)14)9(15)6(11)2-4/h1-2,7,15H,3,12H2,(H,13,14)/t7-/m0/s1. The van der Waals surface area contributed by atoms with Gasteiger partial charge in [-0.3, -0.25) is 4.79 Å². The highest BCUT2D eigenvalue weighted by atomic mass is 19.1. The van der Waals surface area contributed by atoms with E-state index in [4.69, 9.17) is 10.8 Å². The summed E-state index contributed by atoms with van der Waals surface area (Å²) in [5.74, 6) is -4.11. The van der Waals surface area contributed by atoms with Crippen molar-refractivity contribution in [1.82, 2.24) is 0 Å². The molecule has 1 aromatic rings. The van der Waals surface area contributed by atoms with Gasteiger partial charge >= 0.3 is 5.97 Å². The van der Waals surface area contributed by atoms with Crippen molar-refractivity contribution >= 4 is 5.97 Å². The molecule has 15 heavy (non-hydrogen) atoms. The lowest BCUT2D eigenvalue weighted by Crippen LogP contribution is -2.15. The Bertz CT molecular complexity index is 395. The van der Waals surface area contributed by atoms with Gasteiger partial charge in [0.05, 0.1) is 6.42 Å². The molecule has 0 unspecified atom stereocenters. The molecule has 1 rings (SSSR count). The Morgan fingerprint density at radius 3 is 2.60 bits per heavy atom. The first-order valence-corrected chi connectivity index (χ1v) is 4.07. The molecule has 0 spiro atoms. The lowest BCUT2D eigenvalue weighted by molar-refractivity contribution is -0.137. The molecule has 0 heterocycles. The van der Waals surface area contributed by atoms with Crippen LogP contribution in [0, 0.1) is 11.6 Å². The molecule has 1 aromatic carbocycles. The van der Waals surface area contributed by atoms with Crippen LogP contribution in [-0.4, -0.2) is 16.2 Å². The molecule has 0 fully saturated rings. The van der Waals surface area contributed by atoms with Crippen molar-refractivity contribution in [2.24, 2.45) is 5.73 Å². The number of carboxylic acids is 1. The number of hydrogen-bond acceptors (Lipinski definition) is 3. The molecule has 0 radical (unpaired) electrons. The minimum absolute atomic E-state index is 0.255. The molecule has 0 bridgehead atoms. The van der Waals surface area contributed by atoms with Crippen LogP contribution in [0.1, 0.15) is 18.0 Å². The van der Waals surface area contributed by atoms with Crippen LogP contribution in [0.25, 0.3) is 0 Å². The van der Waals surface area contributed by atoms with Gasteiger partial charge in [0.1, 0.15) is 5.82 Å². The zero-order chi connectivity index (χ0) is 11.6. The van der Waals surface area contributed by atoms with Gasteiger partial charge in [0.15, 0.2) is 11.6 Å². The summed E-state index contributed by atoms with van der Waals surface area (Å²) >= 11 is 0. The second kappa shape index (κ2) is 4.22. The maximum Gasteiger partial charge on any atom is 0.305 e. The first-order chi connectivity index (χ1) is 6.91. The summed E-state index contributed by atoms with van der Waals surface area (Å²) in [5, 5.41) is 17.6. The van der Waals surface area contributed by atoms with E-state index >= 15 is 0 Å². The smallest absolute Gasteiger partial charge is 0.305 e. The predicted octanol–water partition coefficient (Wildman–Crippen LogP) is 1.14. The van der Waals surface area contributed by atoms with Crippen LogP contribution in [0.2, 0.25) is 0 Å². The lowest BCUT2D eigenvalue weighted by Gasteiger charge is -2.11. The Balaban J connectivity index is 3.07. The van der Waals surface area contributed by atoms with E-state index in [1.54, 1.807) is 0 Å². The normalized spacial score (nSPS) is 12.5. The van der Waals surface area contributed by atoms with Crippen molar-refractivity contribution in [3.05, 3.63) is 29.3 Å². The number of halogens is 2. The number of benzene rings is 1. The van der Waals surface area contributed by atoms with Crippen molar-refractivity contribution in [3.8, 4) is 5.75 Å². The molecule has 0 aromatic heterocycles. The van der Waals surface area contributed by atoms with Gasteiger partial charge in [-0.25, -0.2) is 8.78 Å². The number of rotatable bonds is 3. The van der Waals surface area contributed by atoms with Gasteiger partial charge in [-0.1, -0.05) is 0 Å². The molecule has 0 aliphatic carbocycles. The van der Waals surface area contributed by atoms with Gasteiger partial charge in [-0.15, -0.1) is 0 Å². The molecule has 82 valence electrons. The summed E-state index contributed by atoms with van der Waals surface area (Å²) in [7, 11) is 0. The zero-order valence-electron chi connectivity index (χ0n) is 7.58. The number of nitrogens with two attached hydrogens (primary N) is 1. The van der Waals surface area contributed by atoms with Gasteiger partial charge in [0.2, 0.25) is 0 Å². The molecule has 0 saturated heterocycles. The second-order valence-corrected chi connectivity index (χ2v) is 3.03. The van der Waals surface area contributed by atoms with Crippen molar-refractivity contribution in [3.63, 3.8) is 0 Å². The van der Waals surface area contributed by atoms with E-state index < -0.39 is 35.8 Å². The van der Waals surface area contributed by atoms with Crippen molar-refractivity contribution in [2.45, 2.75) is 12.5 Å². The Morgan fingerprint density at radius 2 is 2.07 bits per heavy atom. The summed E-state index contributed by atoms with van der Waals surface area (Å²) in [6.45, 7) is 0. The van der Waals surface area contributed by atoms with Gasteiger partial charge < -0.3 is 15.9 Å². The van der Waals surface area contributed by atoms with Gasteiger partial charge in [0.25, 0.3) is 0 Å². The fourth-order valence-corrected chi connectivity index (χ4v) is 1.17. The lowest BCUT2D eigenvalue weighted by atomic mass is 10.0. The largest absolute Gasteiger partial charge is 0.505 e. The summed E-state index contributed by atoms with van der Waals surface area (Å²) in [5.41, 5.74) is 5.11. The monoisotopic (exact) mass is 217 g/mol. The van der Waals surface area contributed by atoms with E-state index in [2.05, 4.69) is 0 Å². The molecule has 0 saturated carbocycles. The maximum absolute atomic E-state index is 12.8. The van der Waals surface area contributed by atoms with Gasteiger partial charge in [-0.05, 0) is 6.07 Å². The van der Waals surface area contributed by atoms with E-state index in [9.17, 15) is 18.7 Å². The van der Waals surface area contributed by atoms with E-state index in [0.717, 1.165) is 6.07 Å². The second-order valence-electron chi connectivity index (χ2n) is 3.03. The molecule has 0 aliphatic rings. The van der Waals surface area contributed by atoms with E-state index in [0.29, 0.717) is 6.07 Å². The Kier molecular flexibility index (Phi) is 3.21. The predicted molar refractivity (Wildman–Crippen MR) is 47.2 cm³/mol. The molecular weight excluding hydrogens is 208 g/mol. The maximum atomic E-state index is 12.8. The van der Waals surface area contributed by atoms with Crippen molar-refractivity contribution in [2.75, 3.05) is 0 Å². The molecule has 4 nitrogen and oxygen atoms in total. The molecule has 1 atom stereocenters. The quantitative estimate of drug-likeness (QED) is 0.709. The average Bonchev–Trinajstić information content (AvgIpc) is 2.09. The van der Waals surface area contributed by atoms with Crippen LogP contribution in [-0.2, 0) is 4.79 Å². The average molecular weight is 217 g/mol. The minimum atomic E-state index is -1.22. The van der Waals surface area contributed by atoms with Crippen molar-refractivity contribution in [1.29, 1.82) is 0 Å². The summed E-state index contributed by atoms with van der Waals surface area (Å²) in [6.07, 6.45) is -0.517. The number of phenols is 1. The highest BCUT2D eigenvalue weighted by molar-refractivity contribution is 5.68. The highest BCUT2D eigenvalue weighted by Crippen LogP contribution is 2.28. The third-order valence-electron chi connectivity index (χ3n) is 1.85. The van der Waals surface area contributed by atoms with Crippen LogP contribution in [0.5, 0.6) is 5.75 Å². The summed E-state index contributed by atoms with van der Waals surface area (Å²) in [4.78, 5) is 10.3. The van der Waals surface area contributed by atoms with E-state index in [-0.39, 0.29) is 5.56 Å². The zero-order valence-corrected chi connectivity index (χ0v) is 7.58. The number of carbonyl (C=O) groups is 1. The molecular formula is C9H9F2NO3. The Hall–Kier alpha value is -1.69. The van der Waals surface area contributed by atoms with Crippen molar-refractivity contribution < 1.29 is 23.8 Å². The molecule has 6 heteroatoms. The highest BCUT2D eigenvalue weighted by Gasteiger charge is 2.18. The third kappa shape index (κ3) is 2.63. The van der Waals surface area contributed by atoms with Crippen LogP contribution < -0.4 is 5.73 Å². The van der Waals surface area contributed by atoms with E-state index in [1.165, 1.54) is 0 Å². The molecule has 4 N–H and O–H groups in total. The number of hydrogen-bond donors (Lipinski definition) is 3. The summed E-state index contributed by atoms with van der Waals surface area (Å²) < 4.78 is 25.6. The number of carboxylic acid groups (broad SMARTS) is 1. The number of phenolic OH excluding ortho intramolecular Hbond substituents is 1. The van der Waals surface area contributed by atoms with E-state index in [1.807, 2.05) is 0 Å². The fraction of sp³-hybridized carbons (Fsp3) is 0.222. The number of aromatic hydroxyl groups is 1. The topological polar surface area (TPSA) is 83.6 Å². The Labute approximate surface area is 83.9 Å². The minimum Gasteiger partial charge on any atom is -0.505 e. The SMILES string of the molecule is N[C@@H](CC(=O)O)c1cc(F)cc(F)c1O. The van der Waals surface area contributed by atoms with Crippen LogP contribution >= 0.6 is 0 Å². The fourth-order valence-electron chi connectivity index (χ4n) is 1.17.